The van der Waals surface area contributed by atoms with Crippen LogP contribution in [0.4, 0.5) is 34.1 Å². The van der Waals surface area contributed by atoms with E-state index in [1.807, 2.05) is 0 Å². The topological polar surface area (TPSA) is 19.6 Å². The van der Waals surface area contributed by atoms with Crippen molar-refractivity contribution in [1.29, 1.82) is 0 Å². The maximum absolute atomic E-state index is 6.93. The van der Waals surface area contributed by atoms with E-state index in [1.54, 1.807) is 0 Å². The number of anilines is 6. The molecule has 11 aromatic rings. The molecule has 0 unspecified atom stereocenters. The summed E-state index contributed by atoms with van der Waals surface area (Å²) >= 11 is 0. The molecule has 0 spiro atoms. The van der Waals surface area contributed by atoms with Gasteiger partial charge in [0.05, 0.1) is 11.4 Å². The standard InChI is InChI=1S/C70H66N2O/c1-45(2)49-23-17-25-57(35-49)71(65-43-55(69(5,6)7)29-33-61(65)47-19-13-11-14-20-47)59-31-27-51-39-63-64-40-52-28-32-60(38-54(52)42-68(64)73-67(63)41-53(51)37-59)72(58-26-18-24-50(36-58)46(3)4)66-44-56(70(8,9)10)30-34-62(66)48-21-15-12-16-22-48/h11-46H,1-10H3. The second-order valence-electron chi connectivity index (χ2n) is 22.7. The van der Waals surface area contributed by atoms with Crippen molar-refractivity contribution >= 4 is 77.6 Å². The fourth-order valence-electron chi connectivity index (χ4n) is 10.5. The van der Waals surface area contributed by atoms with Gasteiger partial charge in [-0.25, -0.2) is 0 Å². The van der Waals surface area contributed by atoms with Gasteiger partial charge in [-0.3, -0.25) is 0 Å². The van der Waals surface area contributed by atoms with Crippen molar-refractivity contribution in [2.75, 3.05) is 9.80 Å². The minimum atomic E-state index is -0.0409. The van der Waals surface area contributed by atoms with E-state index in [-0.39, 0.29) is 10.8 Å². The summed E-state index contributed by atoms with van der Waals surface area (Å²) in [5, 5.41) is 6.82. The number of benzene rings is 10. The third-order valence-electron chi connectivity index (χ3n) is 14.8. The highest BCUT2D eigenvalue weighted by Crippen LogP contribution is 2.47. The number of rotatable bonds is 10. The molecule has 0 saturated heterocycles. The van der Waals surface area contributed by atoms with E-state index in [1.165, 1.54) is 55.3 Å². The summed E-state index contributed by atoms with van der Waals surface area (Å²) in [5.41, 5.74) is 18.4. The number of furan rings is 1. The normalized spacial score (nSPS) is 12.2. The third-order valence-corrected chi connectivity index (χ3v) is 14.8. The van der Waals surface area contributed by atoms with Gasteiger partial charge in [0.15, 0.2) is 0 Å². The highest BCUT2D eigenvalue weighted by molar-refractivity contribution is 6.14. The summed E-state index contributed by atoms with van der Waals surface area (Å²) in [6, 6.07) is 76.7. The Morgan fingerprint density at radius 2 is 0.740 bits per heavy atom. The van der Waals surface area contributed by atoms with Crippen LogP contribution in [0.2, 0.25) is 0 Å². The van der Waals surface area contributed by atoms with Gasteiger partial charge in [-0.05, 0) is 163 Å². The number of fused-ring (bicyclic) bond motifs is 5. The molecule has 3 heteroatoms. The first-order valence-electron chi connectivity index (χ1n) is 26.1. The van der Waals surface area contributed by atoms with Crippen molar-refractivity contribution in [3.63, 3.8) is 0 Å². The fraction of sp³-hybridized carbons (Fsp3) is 0.200. The molecule has 0 aliphatic carbocycles. The summed E-state index contributed by atoms with van der Waals surface area (Å²) in [6.07, 6.45) is 0. The second-order valence-corrected chi connectivity index (χ2v) is 22.7. The molecule has 362 valence electrons. The predicted octanol–water partition coefficient (Wildman–Crippen LogP) is 21.0. The molecule has 1 aromatic heterocycles. The molecule has 0 saturated carbocycles. The van der Waals surface area contributed by atoms with Crippen LogP contribution in [-0.4, -0.2) is 0 Å². The van der Waals surface area contributed by atoms with Crippen molar-refractivity contribution in [2.24, 2.45) is 0 Å². The van der Waals surface area contributed by atoms with Gasteiger partial charge >= 0.3 is 0 Å². The van der Waals surface area contributed by atoms with Crippen LogP contribution in [0.5, 0.6) is 0 Å². The second kappa shape index (κ2) is 18.6. The quantitative estimate of drug-likeness (QED) is 0.136. The molecule has 0 bridgehead atoms. The molecule has 11 rings (SSSR count). The fourth-order valence-corrected chi connectivity index (χ4v) is 10.5. The van der Waals surface area contributed by atoms with Gasteiger partial charge in [0.2, 0.25) is 0 Å². The molecule has 10 aromatic carbocycles. The lowest BCUT2D eigenvalue weighted by atomic mass is 9.85. The monoisotopic (exact) mass is 951 g/mol. The van der Waals surface area contributed by atoms with Crippen molar-refractivity contribution in [1.82, 2.24) is 0 Å². The Bertz CT molecular complexity index is 3580. The Morgan fingerprint density at radius 3 is 1.12 bits per heavy atom. The van der Waals surface area contributed by atoms with E-state index in [9.17, 15) is 0 Å². The molecule has 0 amide bonds. The first-order chi connectivity index (χ1) is 35.1. The first-order valence-corrected chi connectivity index (χ1v) is 26.1. The molecular formula is C70H66N2O. The Labute approximate surface area is 432 Å². The van der Waals surface area contributed by atoms with Gasteiger partial charge in [-0.2, -0.15) is 0 Å². The molecule has 0 N–H and O–H groups in total. The molecule has 0 aliphatic rings. The van der Waals surface area contributed by atoms with E-state index < -0.39 is 0 Å². The van der Waals surface area contributed by atoms with Gasteiger partial charge in [-0.1, -0.05) is 191 Å². The van der Waals surface area contributed by atoms with Crippen molar-refractivity contribution in [3.8, 4) is 22.3 Å². The van der Waals surface area contributed by atoms with Gasteiger partial charge in [0, 0.05) is 44.6 Å². The van der Waals surface area contributed by atoms with Crippen molar-refractivity contribution in [3.05, 3.63) is 229 Å². The Kier molecular flexibility index (Phi) is 12.1. The van der Waals surface area contributed by atoms with Gasteiger partial charge in [-0.15, -0.1) is 0 Å². The van der Waals surface area contributed by atoms with E-state index >= 15 is 0 Å². The maximum Gasteiger partial charge on any atom is 0.136 e. The summed E-state index contributed by atoms with van der Waals surface area (Å²) in [4.78, 5) is 4.92. The Balaban J connectivity index is 1.06. The summed E-state index contributed by atoms with van der Waals surface area (Å²) < 4.78 is 6.93. The average molecular weight is 951 g/mol. The van der Waals surface area contributed by atoms with Gasteiger partial charge in [0.25, 0.3) is 0 Å². The lowest BCUT2D eigenvalue weighted by Crippen LogP contribution is -2.15. The Hall–Kier alpha value is -7.88. The van der Waals surface area contributed by atoms with Crippen LogP contribution < -0.4 is 9.80 Å². The van der Waals surface area contributed by atoms with E-state index in [0.29, 0.717) is 11.8 Å². The van der Waals surface area contributed by atoms with Crippen LogP contribution in [0.1, 0.15) is 103 Å². The van der Waals surface area contributed by atoms with Crippen molar-refractivity contribution in [2.45, 2.75) is 91.9 Å². The van der Waals surface area contributed by atoms with Crippen LogP contribution in [-0.2, 0) is 10.8 Å². The molecule has 73 heavy (non-hydrogen) atoms. The molecule has 0 fully saturated rings. The zero-order chi connectivity index (χ0) is 50.8. The van der Waals surface area contributed by atoms with E-state index in [2.05, 4.69) is 285 Å². The number of hydrogen-bond acceptors (Lipinski definition) is 3. The van der Waals surface area contributed by atoms with E-state index in [4.69, 9.17) is 4.42 Å². The van der Waals surface area contributed by atoms with Gasteiger partial charge < -0.3 is 14.2 Å². The smallest absolute Gasteiger partial charge is 0.136 e. The van der Waals surface area contributed by atoms with Crippen LogP contribution in [0, 0.1) is 0 Å². The maximum atomic E-state index is 6.93. The first kappa shape index (κ1) is 47.4. The molecule has 0 aliphatic heterocycles. The SMILES string of the molecule is CC(C)c1cccc(N(c2ccc3cc4c(cc3c2)oc2cc3cc(N(c5cccc(C(C)C)c5)c5cc(C(C)(C)C)ccc5-c5ccccc5)ccc3cc24)c2cc(C(C)(C)C)ccc2-c2ccccc2)c1. The summed E-state index contributed by atoms with van der Waals surface area (Å²) in [7, 11) is 0. The molecular weight excluding hydrogens is 885 g/mol. The molecule has 3 nitrogen and oxygen atoms in total. The summed E-state index contributed by atoms with van der Waals surface area (Å²) in [5.74, 6) is 0.771. The Morgan fingerprint density at radius 1 is 0.342 bits per heavy atom. The third kappa shape index (κ3) is 9.19. The number of hydrogen-bond donors (Lipinski definition) is 0. The largest absolute Gasteiger partial charge is 0.456 e. The highest BCUT2D eigenvalue weighted by atomic mass is 16.3. The number of nitrogens with zero attached hydrogens (tertiary/aromatic N) is 2. The van der Waals surface area contributed by atoms with Crippen LogP contribution in [0.25, 0.3) is 65.7 Å². The predicted molar refractivity (Wildman–Crippen MR) is 315 cm³/mol. The lowest BCUT2D eigenvalue weighted by Gasteiger charge is -2.31. The summed E-state index contributed by atoms with van der Waals surface area (Å²) in [6.45, 7) is 22.9. The zero-order valence-corrected chi connectivity index (χ0v) is 44.1. The van der Waals surface area contributed by atoms with Crippen LogP contribution in [0.15, 0.2) is 211 Å². The minimum Gasteiger partial charge on any atom is -0.456 e. The van der Waals surface area contributed by atoms with Gasteiger partial charge in [0.1, 0.15) is 11.2 Å². The highest BCUT2D eigenvalue weighted by Gasteiger charge is 2.25. The minimum absolute atomic E-state index is 0.0409. The molecule has 0 radical (unpaired) electrons. The average Bonchev–Trinajstić information content (AvgIpc) is 3.73. The zero-order valence-electron chi connectivity index (χ0n) is 44.1. The van der Waals surface area contributed by atoms with Crippen molar-refractivity contribution < 1.29 is 4.42 Å². The molecule has 1 heterocycles. The van der Waals surface area contributed by atoms with Crippen LogP contribution >= 0.6 is 0 Å². The molecule has 0 atom stereocenters. The van der Waals surface area contributed by atoms with Crippen LogP contribution in [0.3, 0.4) is 0 Å². The van der Waals surface area contributed by atoms with E-state index in [0.717, 1.165) is 66.8 Å². The lowest BCUT2D eigenvalue weighted by molar-refractivity contribution is 0.590.